The van der Waals surface area contributed by atoms with Crippen molar-refractivity contribution >= 4 is 5.97 Å². The maximum Gasteiger partial charge on any atom is 0.404 e. The summed E-state index contributed by atoms with van der Waals surface area (Å²) in [5, 5.41) is 10.4. The van der Waals surface area contributed by atoms with E-state index in [1.807, 2.05) is 0 Å². The molecule has 0 aromatic rings. The third kappa shape index (κ3) is 5.46. The molecule has 0 fully saturated rings. The Morgan fingerprint density at radius 1 is 1.46 bits per heavy atom. The molecule has 0 heterocycles. The van der Waals surface area contributed by atoms with Gasteiger partial charge in [-0.1, -0.05) is 13.8 Å². The first-order valence-corrected chi connectivity index (χ1v) is 3.78. The van der Waals surface area contributed by atoms with E-state index in [-0.39, 0.29) is 0 Å². The van der Waals surface area contributed by atoms with E-state index in [0.29, 0.717) is 0 Å². The van der Waals surface area contributed by atoms with E-state index < -0.39 is 30.7 Å². The van der Waals surface area contributed by atoms with Crippen molar-refractivity contribution in [2.75, 3.05) is 0 Å². The topological polar surface area (TPSA) is 49.3 Å². The molecule has 0 aliphatic rings. The highest BCUT2D eigenvalue weighted by molar-refractivity contribution is 5.67. The lowest BCUT2D eigenvalue weighted by Crippen LogP contribution is -2.46. The first-order chi connectivity index (χ1) is 5.73. The third-order valence-corrected chi connectivity index (χ3v) is 1.31. The highest BCUT2D eigenvalue weighted by Crippen LogP contribution is 2.22. The van der Waals surface area contributed by atoms with Crippen molar-refractivity contribution in [2.45, 2.75) is 38.5 Å². The van der Waals surface area contributed by atoms with Crippen molar-refractivity contribution in [1.82, 2.24) is 5.32 Å². The number of hydrogen-bond donors (Lipinski definition) is 2. The maximum absolute atomic E-state index is 12.1. The molecule has 1 atom stereocenters. The van der Waals surface area contributed by atoms with Gasteiger partial charge in [-0.05, 0) is 0 Å². The second kappa shape index (κ2) is 4.45. The van der Waals surface area contributed by atoms with Crippen molar-refractivity contribution in [3.05, 3.63) is 0 Å². The summed E-state index contributed by atoms with van der Waals surface area (Å²) in [6.07, 6.45) is -5.45. The summed E-state index contributed by atoms with van der Waals surface area (Å²) >= 11 is 0. The number of alkyl halides is 3. The lowest BCUT2D eigenvalue weighted by molar-refractivity contribution is -0.168. The Bertz CT molecular complexity index is 179. The number of carbonyl (C=O) groups is 1. The zero-order valence-electron chi connectivity index (χ0n) is 7.35. The summed E-state index contributed by atoms with van der Waals surface area (Å²) in [5.74, 6) is -1.46. The molecular weight excluding hydrogens is 187 g/mol. The minimum Gasteiger partial charge on any atom is -0.481 e. The Labute approximate surface area is 73.9 Å². The predicted molar refractivity (Wildman–Crippen MR) is 40.4 cm³/mol. The van der Waals surface area contributed by atoms with Crippen LogP contribution in [-0.2, 0) is 4.79 Å². The summed E-state index contributed by atoms with van der Waals surface area (Å²) in [6.45, 7) is 3.06. The third-order valence-electron chi connectivity index (χ3n) is 1.31. The van der Waals surface area contributed by atoms with E-state index in [1.165, 1.54) is 13.8 Å². The van der Waals surface area contributed by atoms with Crippen molar-refractivity contribution in [3.8, 4) is 0 Å². The van der Waals surface area contributed by atoms with Gasteiger partial charge in [-0.25, -0.2) is 0 Å². The van der Waals surface area contributed by atoms with E-state index in [4.69, 9.17) is 5.11 Å². The first-order valence-electron chi connectivity index (χ1n) is 3.78. The van der Waals surface area contributed by atoms with Gasteiger partial charge in [-0.3, -0.25) is 4.79 Å². The molecule has 0 spiro atoms. The van der Waals surface area contributed by atoms with E-state index in [0.717, 1.165) is 0 Å². The molecule has 0 saturated heterocycles. The number of hydrogen-bond acceptors (Lipinski definition) is 2. The van der Waals surface area contributed by atoms with Crippen LogP contribution in [0.5, 0.6) is 0 Å². The molecule has 13 heavy (non-hydrogen) atoms. The second-order valence-corrected chi connectivity index (χ2v) is 3.01. The fraction of sp³-hybridized carbons (Fsp3) is 0.857. The highest BCUT2D eigenvalue weighted by atomic mass is 19.4. The van der Waals surface area contributed by atoms with Crippen molar-refractivity contribution in [2.24, 2.45) is 0 Å². The Morgan fingerprint density at radius 2 is 1.92 bits per heavy atom. The van der Waals surface area contributed by atoms with Gasteiger partial charge in [0.05, 0.1) is 6.42 Å². The van der Waals surface area contributed by atoms with Gasteiger partial charge in [0, 0.05) is 6.04 Å². The van der Waals surface area contributed by atoms with E-state index >= 15 is 0 Å². The van der Waals surface area contributed by atoms with Crippen LogP contribution in [0.3, 0.4) is 0 Å². The van der Waals surface area contributed by atoms with Gasteiger partial charge in [0.1, 0.15) is 6.04 Å². The molecule has 0 saturated carbocycles. The van der Waals surface area contributed by atoms with Gasteiger partial charge in [-0.2, -0.15) is 13.2 Å². The van der Waals surface area contributed by atoms with Crippen molar-refractivity contribution in [1.29, 1.82) is 0 Å². The van der Waals surface area contributed by atoms with Crippen LogP contribution in [-0.4, -0.2) is 29.3 Å². The largest absolute Gasteiger partial charge is 0.481 e. The van der Waals surface area contributed by atoms with Crippen LogP contribution in [0, 0.1) is 0 Å². The normalized spacial score (nSPS) is 14.6. The van der Waals surface area contributed by atoms with Gasteiger partial charge in [0.2, 0.25) is 0 Å². The number of aliphatic carboxylic acids is 1. The molecule has 0 aliphatic heterocycles. The lowest BCUT2D eigenvalue weighted by atomic mass is 10.2. The fourth-order valence-electron chi connectivity index (χ4n) is 0.846. The monoisotopic (exact) mass is 199 g/mol. The second-order valence-electron chi connectivity index (χ2n) is 3.01. The summed E-state index contributed by atoms with van der Waals surface area (Å²) in [7, 11) is 0. The maximum atomic E-state index is 12.1. The molecule has 1 unspecified atom stereocenters. The van der Waals surface area contributed by atoms with Crippen molar-refractivity contribution in [3.63, 3.8) is 0 Å². The summed E-state index contributed by atoms with van der Waals surface area (Å²) in [4.78, 5) is 10.1. The molecule has 6 heteroatoms. The first kappa shape index (κ1) is 12.2. The summed E-state index contributed by atoms with van der Waals surface area (Å²) in [5.41, 5.74) is 0. The van der Waals surface area contributed by atoms with Gasteiger partial charge in [-0.15, -0.1) is 0 Å². The van der Waals surface area contributed by atoms with Crippen LogP contribution in [0.2, 0.25) is 0 Å². The quantitative estimate of drug-likeness (QED) is 0.719. The zero-order chi connectivity index (χ0) is 10.6. The van der Waals surface area contributed by atoms with Gasteiger partial charge < -0.3 is 10.4 Å². The fourth-order valence-corrected chi connectivity index (χ4v) is 0.846. The zero-order valence-corrected chi connectivity index (χ0v) is 7.35. The van der Waals surface area contributed by atoms with Crippen molar-refractivity contribution < 1.29 is 23.1 Å². The number of carboxylic acids is 1. The Morgan fingerprint density at radius 3 is 2.15 bits per heavy atom. The predicted octanol–water partition coefficient (Wildman–Crippen LogP) is 1.39. The van der Waals surface area contributed by atoms with Gasteiger partial charge >= 0.3 is 12.1 Å². The molecular formula is C7H12F3NO2. The SMILES string of the molecule is CC(C)NC(CC(=O)O)C(F)(F)F. The van der Waals surface area contributed by atoms with Crippen LogP contribution in [0.1, 0.15) is 20.3 Å². The van der Waals surface area contributed by atoms with Gasteiger partial charge in [0.25, 0.3) is 0 Å². The van der Waals surface area contributed by atoms with Crippen LogP contribution >= 0.6 is 0 Å². The average Bonchev–Trinajstić information content (AvgIpc) is 1.81. The van der Waals surface area contributed by atoms with Crippen LogP contribution in [0.25, 0.3) is 0 Å². The number of rotatable bonds is 4. The minimum absolute atomic E-state index is 0.397. The number of nitrogens with one attached hydrogen (secondary N) is 1. The Hall–Kier alpha value is -0.780. The van der Waals surface area contributed by atoms with Gasteiger partial charge in [0.15, 0.2) is 0 Å². The lowest BCUT2D eigenvalue weighted by Gasteiger charge is -2.22. The van der Waals surface area contributed by atoms with Crippen LogP contribution in [0.15, 0.2) is 0 Å². The van der Waals surface area contributed by atoms with Crippen LogP contribution in [0.4, 0.5) is 13.2 Å². The molecule has 0 aromatic carbocycles. The van der Waals surface area contributed by atoms with E-state index in [2.05, 4.69) is 5.32 Å². The highest BCUT2D eigenvalue weighted by Gasteiger charge is 2.40. The smallest absolute Gasteiger partial charge is 0.404 e. The number of halogens is 3. The molecule has 0 aromatic heterocycles. The molecule has 78 valence electrons. The average molecular weight is 199 g/mol. The molecule has 0 amide bonds. The standard InChI is InChI=1S/C7H12F3NO2/c1-4(2)11-5(3-6(12)13)7(8,9)10/h4-5,11H,3H2,1-2H3,(H,12,13). The Kier molecular flexibility index (Phi) is 4.19. The molecule has 0 bridgehead atoms. The van der Waals surface area contributed by atoms with E-state index in [9.17, 15) is 18.0 Å². The summed E-state index contributed by atoms with van der Waals surface area (Å²) < 4.78 is 36.3. The minimum atomic E-state index is -4.51. The molecule has 0 rings (SSSR count). The molecule has 2 N–H and O–H groups in total. The van der Waals surface area contributed by atoms with E-state index in [1.54, 1.807) is 0 Å². The number of carboxylic acid groups (broad SMARTS) is 1. The molecule has 0 aliphatic carbocycles. The molecule has 0 radical (unpaired) electrons. The summed E-state index contributed by atoms with van der Waals surface area (Å²) in [6, 6.07) is -2.36. The Balaban J connectivity index is 4.28. The van der Waals surface area contributed by atoms with Crippen LogP contribution < -0.4 is 5.32 Å². The molecule has 3 nitrogen and oxygen atoms in total.